The zero-order valence-electron chi connectivity index (χ0n) is 19.7. The number of benzene rings is 1. The second-order valence-corrected chi connectivity index (χ2v) is 13.1. The number of aromatic nitrogens is 3. The van der Waals surface area contributed by atoms with Crippen LogP contribution in [0, 0.1) is 0 Å². The Morgan fingerprint density at radius 3 is 2.74 bits per heavy atom. The van der Waals surface area contributed by atoms with Crippen LogP contribution in [0.25, 0.3) is 0 Å². The van der Waals surface area contributed by atoms with Crippen LogP contribution in [0.2, 0.25) is 10.0 Å². The van der Waals surface area contributed by atoms with Crippen LogP contribution >= 0.6 is 70.2 Å². The van der Waals surface area contributed by atoms with Crippen LogP contribution in [0.4, 0.5) is 11.9 Å². The lowest BCUT2D eigenvalue weighted by Crippen LogP contribution is -2.70. The van der Waals surface area contributed by atoms with E-state index in [1.807, 2.05) is 6.92 Å². The predicted molar refractivity (Wildman–Crippen MR) is 152 cm³/mol. The summed E-state index contributed by atoms with van der Waals surface area (Å²) in [6.07, 6.45) is 0. The maximum Gasteiger partial charge on any atom is 0.353 e. The number of aliphatic carboxylic acids is 1. The Bertz CT molecular complexity index is 1330. The molecule has 2 aliphatic heterocycles. The quantitative estimate of drug-likeness (QED) is 0.131. The maximum absolute atomic E-state index is 12.9. The van der Waals surface area contributed by atoms with Crippen molar-refractivity contribution in [2.75, 3.05) is 28.1 Å². The third-order valence-corrected chi connectivity index (χ3v) is 10.8. The zero-order chi connectivity index (χ0) is 27.6. The molecule has 0 bridgehead atoms. The highest BCUT2D eigenvalue weighted by Crippen LogP contribution is 2.44. The molecule has 0 saturated carbocycles. The Kier molecular flexibility index (Phi) is 9.47. The first-order chi connectivity index (χ1) is 18.1. The lowest BCUT2D eigenvalue weighted by atomic mass is 10.1. The number of fused-ring (bicyclic) bond motifs is 1. The van der Waals surface area contributed by atoms with E-state index < -0.39 is 23.3 Å². The SMILES string of the molecule is CC[n+]1c(N)nc(N)nc1SCSC1=C(C(=O)O)N2C(=O)C(NC(=O)CSc3cc(Cl)ccc3Cl)C2SC1. The lowest BCUT2D eigenvalue weighted by Gasteiger charge is -2.49. The maximum atomic E-state index is 12.9. The lowest BCUT2D eigenvalue weighted by molar-refractivity contribution is -0.722. The first-order valence-electron chi connectivity index (χ1n) is 11.0. The summed E-state index contributed by atoms with van der Waals surface area (Å²) in [5.74, 6) is -1.35. The summed E-state index contributed by atoms with van der Waals surface area (Å²) in [5, 5.41) is 14.0. The van der Waals surface area contributed by atoms with Crippen molar-refractivity contribution in [1.82, 2.24) is 20.2 Å². The predicted octanol–water partition coefficient (Wildman–Crippen LogP) is 2.53. The number of amides is 2. The standard InChI is InChI=1S/C21H21Cl2N7O4S4/c1-2-29-20(25)27-19(24)28-21(29)38-8-37-12-6-36-17-14(16(32)30(17)15(12)18(33)34)26-13(31)7-35-11-5-9(22)3-4-10(11)23/h3-5,14,17H,2,6-8H2,1H3,(H5,24,25,26,27,31,33,34)/p+1. The zero-order valence-corrected chi connectivity index (χ0v) is 24.5. The van der Waals surface area contributed by atoms with Gasteiger partial charge in [0, 0.05) is 20.6 Å². The number of nitrogens with zero attached hydrogens (tertiary/aromatic N) is 4. The monoisotopic (exact) mass is 634 g/mol. The van der Waals surface area contributed by atoms with E-state index in [9.17, 15) is 19.5 Å². The molecule has 1 aromatic heterocycles. The third-order valence-electron chi connectivity index (χ3n) is 5.39. The highest BCUT2D eigenvalue weighted by molar-refractivity contribution is 8.18. The molecule has 0 aliphatic carbocycles. The fraction of sp³-hybridized carbons (Fsp3) is 0.333. The van der Waals surface area contributed by atoms with Gasteiger partial charge in [0.1, 0.15) is 17.1 Å². The van der Waals surface area contributed by atoms with Crippen molar-refractivity contribution in [1.29, 1.82) is 0 Å². The number of anilines is 2. The van der Waals surface area contributed by atoms with Gasteiger partial charge in [-0.3, -0.25) is 14.5 Å². The second-order valence-electron chi connectivity index (χ2n) is 7.77. The molecule has 2 aliphatic rings. The summed E-state index contributed by atoms with van der Waals surface area (Å²) in [6, 6.07) is 4.14. The van der Waals surface area contributed by atoms with E-state index in [1.165, 1.54) is 51.9 Å². The smallest absolute Gasteiger partial charge is 0.353 e. The van der Waals surface area contributed by atoms with Crippen molar-refractivity contribution in [3.8, 4) is 0 Å². The van der Waals surface area contributed by atoms with Gasteiger partial charge in [-0.05, 0) is 25.1 Å². The second kappa shape index (κ2) is 12.4. The molecule has 3 heterocycles. The van der Waals surface area contributed by atoms with Gasteiger partial charge >= 0.3 is 17.9 Å². The van der Waals surface area contributed by atoms with Gasteiger partial charge in [-0.15, -0.1) is 35.3 Å². The van der Waals surface area contributed by atoms with Crippen LogP contribution in [0.15, 0.2) is 38.9 Å². The number of thioether (sulfide) groups is 4. The van der Waals surface area contributed by atoms with Crippen molar-refractivity contribution >= 4 is 99.9 Å². The number of hydrogen-bond donors (Lipinski definition) is 4. The minimum Gasteiger partial charge on any atom is -0.477 e. The largest absolute Gasteiger partial charge is 0.477 e. The van der Waals surface area contributed by atoms with E-state index in [-0.39, 0.29) is 29.3 Å². The third kappa shape index (κ3) is 6.23. The van der Waals surface area contributed by atoms with Crippen LogP contribution in [-0.2, 0) is 20.9 Å². The average molecular weight is 636 g/mol. The van der Waals surface area contributed by atoms with Gasteiger partial charge in [0.25, 0.3) is 11.1 Å². The summed E-state index contributed by atoms with van der Waals surface area (Å²) in [5.41, 5.74) is 11.6. The summed E-state index contributed by atoms with van der Waals surface area (Å²) in [4.78, 5) is 48.2. The molecule has 6 N–H and O–H groups in total. The molecule has 38 heavy (non-hydrogen) atoms. The highest BCUT2D eigenvalue weighted by atomic mass is 35.5. The summed E-state index contributed by atoms with van der Waals surface area (Å²) < 4.78 is 1.70. The van der Waals surface area contributed by atoms with E-state index in [4.69, 9.17) is 34.7 Å². The molecule has 1 fully saturated rings. The number of carboxylic acid groups (broad SMARTS) is 1. The van der Waals surface area contributed by atoms with E-state index >= 15 is 0 Å². The molecule has 0 spiro atoms. The number of nitrogens with one attached hydrogen (secondary N) is 1. The van der Waals surface area contributed by atoms with Gasteiger partial charge in [-0.2, -0.15) is 0 Å². The molecule has 1 saturated heterocycles. The Labute approximate surface area is 244 Å². The molecule has 17 heteroatoms. The molecule has 0 radical (unpaired) electrons. The molecular weight excluding hydrogens is 613 g/mol. The molecule has 2 aromatic rings. The number of nitrogens with two attached hydrogens (primary N) is 2. The number of halogens is 2. The number of nitrogen functional groups attached to an aromatic ring is 2. The van der Waals surface area contributed by atoms with Gasteiger partial charge in [-0.1, -0.05) is 44.9 Å². The van der Waals surface area contributed by atoms with Crippen LogP contribution < -0.4 is 21.4 Å². The van der Waals surface area contributed by atoms with Crippen molar-refractivity contribution in [2.45, 2.75) is 34.9 Å². The molecule has 11 nitrogen and oxygen atoms in total. The van der Waals surface area contributed by atoms with Crippen molar-refractivity contribution in [3.05, 3.63) is 38.8 Å². The fourth-order valence-corrected chi connectivity index (χ4v) is 8.79. The fourth-order valence-electron chi connectivity index (χ4n) is 3.67. The first-order valence-corrected chi connectivity index (χ1v) is 15.7. The van der Waals surface area contributed by atoms with Crippen molar-refractivity contribution < 1.29 is 24.1 Å². The number of hydrogen-bond acceptors (Lipinski definition) is 11. The Hall–Kier alpha value is -2.04. The van der Waals surface area contributed by atoms with Crippen molar-refractivity contribution in [3.63, 3.8) is 0 Å². The number of carbonyl (C=O) groups excluding carboxylic acids is 2. The van der Waals surface area contributed by atoms with Gasteiger partial charge in [-0.25, -0.2) is 9.36 Å². The van der Waals surface area contributed by atoms with Crippen LogP contribution in [0.5, 0.6) is 0 Å². The van der Waals surface area contributed by atoms with E-state index in [0.717, 1.165) is 0 Å². The number of rotatable bonds is 10. The Morgan fingerprint density at radius 1 is 1.26 bits per heavy atom. The molecular formula is C21H22Cl2N7O4S4+. The summed E-state index contributed by atoms with van der Waals surface area (Å²) in [6.45, 7) is 2.44. The van der Waals surface area contributed by atoms with E-state index in [1.54, 1.807) is 22.8 Å². The van der Waals surface area contributed by atoms with Gasteiger partial charge in [0.05, 0.1) is 22.4 Å². The van der Waals surface area contributed by atoms with E-state index in [0.29, 0.717) is 42.4 Å². The molecule has 2 amide bonds. The number of carbonyl (C=O) groups is 3. The Balaban J connectivity index is 1.38. The first kappa shape index (κ1) is 29.0. The molecule has 2 unspecified atom stereocenters. The van der Waals surface area contributed by atoms with Crippen LogP contribution in [-0.4, -0.2) is 65.8 Å². The van der Waals surface area contributed by atoms with Crippen LogP contribution in [0.1, 0.15) is 6.92 Å². The topological polar surface area (TPSA) is 168 Å². The van der Waals surface area contributed by atoms with Crippen molar-refractivity contribution in [2.24, 2.45) is 0 Å². The Morgan fingerprint density at radius 2 is 2.03 bits per heavy atom. The van der Waals surface area contributed by atoms with Crippen LogP contribution in [0.3, 0.4) is 0 Å². The molecule has 4 rings (SSSR count). The minimum atomic E-state index is -1.20. The number of β-lactam (4-membered cyclic amide) rings is 1. The molecule has 2 atom stereocenters. The van der Waals surface area contributed by atoms with Gasteiger partial charge < -0.3 is 21.9 Å². The molecule has 202 valence electrons. The summed E-state index contributed by atoms with van der Waals surface area (Å²) in [7, 11) is 0. The highest BCUT2D eigenvalue weighted by Gasteiger charge is 2.54. The van der Waals surface area contributed by atoms with Gasteiger partial charge in [0.15, 0.2) is 0 Å². The average Bonchev–Trinajstić information content (AvgIpc) is 2.87. The summed E-state index contributed by atoms with van der Waals surface area (Å²) >= 11 is 17.4. The van der Waals surface area contributed by atoms with E-state index in [2.05, 4.69) is 15.3 Å². The number of carboxylic acids is 1. The molecule has 1 aromatic carbocycles. The normalized spacial score (nSPS) is 18.7. The van der Waals surface area contributed by atoms with Gasteiger partial charge in [0.2, 0.25) is 5.91 Å². The minimum absolute atomic E-state index is 0.0248.